The minimum absolute atomic E-state index is 0.184. The fourth-order valence-corrected chi connectivity index (χ4v) is 3.77. The van der Waals surface area contributed by atoms with Crippen LogP contribution in [0.2, 0.25) is 0 Å². The van der Waals surface area contributed by atoms with Crippen molar-refractivity contribution in [2.45, 2.75) is 56.8 Å². The van der Waals surface area contributed by atoms with Crippen LogP contribution in [-0.2, 0) is 20.9 Å². The van der Waals surface area contributed by atoms with Gasteiger partial charge < -0.3 is 19.5 Å². The Kier molecular flexibility index (Phi) is 6.45. The molecule has 0 unspecified atom stereocenters. The smallest absolute Gasteiger partial charge is 0.222 e. The summed E-state index contributed by atoms with van der Waals surface area (Å²) in [6.07, 6.45) is 4.10. The van der Waals surface area contributed by atoms with Gasteiger partial charge in [0, 0.05) is 32.7 Å². The molecule has 2 heterocycles. The summed E-state index contributed by atoms with van der Waals surface area (Å²) in [7, 11) is 0. The molecule has 0 aliphatic carbocycles. The van der Waals surface area contributed by atoms with E-state index >= 15 is 0 Å². The van der Waals surface area contributed by atoms with E-state index in [9.17, 15) is 9.90 Å². The number of carbonyl (C=O) groups excluding carboxylic acids is 1. The van der Waals surface area contributed by atoms with E-state index in [-0.39, 0.29) is 12.0 Å². The summed E-state index contributed by atoms with van der Waals surface area (Å²) in [5.74, 6) is 0.184. The Morgan fingerprint density at radius 1 is 1.28 bits per heavy atom. The highest BCUT2D eigenvalue weighted by molar-refractivity contribution is 5.76. The molecule has 5 heteroatoms. The second-order valence-corrected chi connectivity index (χ2v) is 7.09. The van der Waals surface area contributed by atoms with Crippen LogP contribution in [0.3, 0.4) is 0 Å². The molecule has 0 aromatic heterocycles. The van der Waals surface area contributed by atoms with E-state index in [2.05, 4.69) is 0 Å². The number of carbonyl (C=O) groups is 1. The standard InChI is InChI=1S/C20H29NO4/c22-18-8-4-15-25-20(18)10-12-21(13-11-20)19(23)9-5-14-24-16-17-6-2-1-3-7-17/h1-3,6-7,18,22H,4-5,8-16H2/t18-/m0/s1. The molecule has 2 saturated heterocycles. The number of likely N-dealkylation sites (tertiary alicyclic amines) is 1. The average Bonchev–Trinajstić information content (AvgIpc) is 2.65. The van der Waals surface area contributed by atoms with Gasteiger partial charge in [0.1, 0.15) is 0 Å². The van der Waals surface area contributed by atoms with Crippen LogP contribution in [0, 0.1) is 0 Å². The van der Waals surface area contributed by atoms with Crippen LogP contribution in [0.4, 0.5) is 0 Å². The van der Waals surface area contributed by atoms with Gasteiger partial charge in [-0.3, -0.25) is 4.79 Å². The summed E-state index contributed by atoms with van der Waals surface area (Å²) in [5, 5.41) is 10.3. The van der Waals surface area contributed by atoms with Crippen LogP contribution < -0.4 is 0 Å². The third-order valence-corrected chi connectivity index (χ3v) is 5.37. The summed E-state index contributed by atoms with van der Waals surface area (Å²) < 4.78 is 11.5. The van der Waals surface area contributed by atoms with Gasteiger partial charge in [0.2, 0.25) is 5.91 Å². The summed E-state index contributed by atoms with van der Waals surface area (Å²) in [5.41, 5.74) is 0.745. The van der Waals surface area contributed by atoms with Crippen molar-refractivity contribution in [3.8, 4) is 0 Å². The molecule has 2 aliphatic rings. The van der Waals surface area contributed by atoms with Crippen LogP contribution in [0.5, 0.6) is 0 Å². The number of benzene rings is 1. The lowest BCUT2D eigenvalue weighted by atomic mass is 9.82. The number of aliphatic hydroxyl groups is 1. The lowest BCUT2D eigenvalue weighted by Gasteiger charge is -2.46. The normalized spacial score (nSPS) is 22.9. The summed E-state index contributed by atoms with van der Waals surface area (Å²) in [4.78, 5) is 14.3. The predicted molar refractivity (Wildman–Crippen MR) is 95.1 cm³/mol. The van der Waals surface area contributed by atoms with Crippen molar-refractivity contribution in [2.75, 3.05) is 26.3 Å². The molecule has 1 spiro atoms. The van der Waals surface area contributed by atoms with E-state index in [0.717, 1.165) is 44.3 Å². The van der Waals surface area contributed by atoms with E-state index in [1.165, 1.54) is 0 Å². The molecule has 25 heavy (non-hydrogen) atoms. The molecule has 5 nitrogen and oxygen atoms in total. The molecular formula is C20H29NO4. The van der Waals surface area contributed by atoms with Gasteiger partial charge in [-0.25, -0.2) is 0 Å². The fourth-order valence-electron chi connectivity index (χ4n) is 3.77. The predicted octanol–water partition coefficient (Wildman–Crippen LogP) is 2.52. The third kappa shape index (κ3) is 4.81. The van der Waals surface area contributed by atoms with E-state index < -0.39 is 5.60 Å². The van der Waals surface area contributed by atoms with Gasteiger partial charge in [-0.05, 0) is 37.7 Å². The number of nitrogens with zero attached hydrogens (tertiary/aromatic N) is 1. The molecule has 2 aliphatic heterocycles. The zero-order valence-corrected chi connectivity index (χ0v) is 14.9. The highest BCUT2D eigenvalue weighted by Gasteiger charge is 2.44. The minimum atomic E-state index is -0.409. The first-order chi connectivity index (χ1) is 12.2. The fraction of sp³-hybridized carbons (Fsp3) is 0.650. The van der Waals surface area contributed by atoms with Crippen molar-refractivity contribution in [3.05, 3.63) is 35.9 Å². The van der Waals surface area contributed by atoms with Crippen molar-refractivity contribution in [3.63, 3.8) is 0 Å². The molecule has 3 rings (SSSR count). The first kappa shape index (κ1) is 18.4. The van der Waals surface area contributed by atoms with Gasteiger partial charge in [0.05, 0.1) is 18.3 Å². The summed E-state index contributed by atoms with van der Waals surface area (Å²) >= 11 is 0. The SMILES string of the molecule is O=C(CCCOCc1ccccc1)N1CCC2(CC1)OCCC[C@@H]2O. The van der Waals surface area contributed by atoms with Gasteiger partial charge in [-0.2, -0.15) is 0 Å². The molecule has 0 saturated carbocycles. The van der Waals surface area contributed by atoms with Gasteiger partial charge in [0.25, 0.3) is 0 Å². The van der Waals surface area contributed by atoms with Crippen molar-refractivity contribution < 1.29 is 19.4 Å². The Balaban J connectivity index is 1.33. The van der Waals surface area contributed by atoms with Crippen LogP contribution in [-0.4, -0.2) is 53.9 Å². The van der Waals surface area contributed by atoms with Crippen LogP contribution in [0.25, 0.3) is 0 Å². The van der Waals surface area contributed by atoms with Gasteiger partial charge in [-0.1, -0.05) is 30.3 Å². The quantitative estimate of drug-likeness (QED) is 0.804. The van der Waals surface area contributed by atoms with E-state index in [1.807, 2.05) is 35.2 Å². The number of hydrogen-bond acceptors (Lipinski definition) is 4. The number of hydrogen-bond donors (Lipinski definition) is 1. The minimum Gasteiger partial charge on any atom is -0.390 e. The number of ether oxygens (including phenoxy) is 2. The van der Waals surface area contributed by atoms with Gasteiger partial charge >= 0.3 is 0 Å². The summed E-state index contributed by atoms with van der Waals surface area (Å²) in [6.45, 7) is 3.28. The van der Waals surface area contributed by atoms with E-state index in [1.54, 1.807) is 0 Å². The average molecular weight is 347 g/mol. The highest BCUT2D eigenvalue weighted by atomic mass is 16.5. The molecule has 0 radical (unpaired) electrons. The Morgan fingerprint density at radius 2 is 2.04 bits per heavy atom. The first-order valence-electron chi connectivity index (χ1n) is 9.41. The maximum absolute atomic E-state index is 12.4. The number of rotatable bonds is 6. The largest absolute Gasteiger partial charge is 0.390 e. The zero-order chi connectivity index (χ0) is 17.5. The van der Waals surface area contributed by atoms with Crippen LogP contribution in [0.1, 0.15) is 44.1 Å². The second kappa shape index (κ2) is 8.79. The first-order valence-corrected chi connectivity index (χ1v) is 9.41. The number of aliphatic hydroxyl groups excluding tert-OH is 1. The molecule has 1 N–H and O–H groups in total. The molecule has 1 aromatic rings. The van der Waals surface area contributed by atoms with E-state index in [0.29, 0.717) is 32.7 Å². The van der Waals surface area contributed by atoms with Crippen LogP contribution >= 0.6 is 0 Å². The van der Waals surface area contributed by atoms with Gasteiger partial charge in [-0.15, -0.1) is 0 Å². The van der Waals surface area contributed by atoms with Gasteiger partial charge in [0.15, 0.2) is 0 Å². The van der Waals surface area contributed by atoms with Crippen molar-refractivity contribution in [1.82, 2.24) is 4.90 Å². The van der Waals surface area contributed by atoms with E-state index in [4.69, 9.17) is 9.47 Å². The van der Waals surface area contributed by atoms with Crippen LogP contribution in [0.15, 0.2) is 30.3 Å². The number of amides is 1. The third-order valence-electron chi connectivity index (χ3n) is 5.37. The van der Waals surface area contributed by atoms with Crippen molar-refractivity contribution >= 4 is 5.91 Å². The van der Waals surface area contributed by atoms with Crippen molar-refractivity contribution in [1.29, 1.82) is 0 Å². The molecule has 1 amide bonds. The lowest BCUT2D eigenvalue weighted by Crippen LogP contribution is -2.56. The monoisotopic (exact) mass is 347 g/mol. The molecule has 0 bridgehead atoms. The maximum atomic E-state index is 12.4. The topological polar surface area (TPSA) is 59.0 Å². The molecule has 1 atom stereocenters. The Labute approximate surface area is 149 Å². The lowest BCUT2D eigenvalue weighted by molar-refractivity contribution is -0.179. The maximum Gasteiger partial charge on any atom is 0.222 e. The number of piperidine rings is 1. The molecule has 1 aromatic carbocycles. The molecule has 2 fully saturated rings. The second-order valence-electron chi connectivity index (χ2n) is 7.09. The Morgan fingerprint density at radius 3 is 2.76 bits per heavy atom. The van der Waals surface area contributed by atoms with Crippen molar-refractivity contribution in [2.24, 2.45) is 0 Å². The summed E-state index contributed by atoms with van der Waals surface area (Å²) in [6, 6.07) is 10.1. The zero-order valence-electron chi connectivity index (χ0n) is 14.9. The highest BCUT2D eigenvalue weighted by Crippen LogP contribution is 2.35. The Bertz CT molecular complexity index is 540. The Hall–Kier alpha value is -1.43. The molecule has 138 valence electrons. The molecular weight excluding hydrogens is 318 g/mol.